The number of ether oxygens (including phenoxy) is 1. The molecule has 142 valence electrons. The second-order valence-corrected chi connectivity index (χ2v) is 6.83. The molecule has 0 atom stereocenters. The van der Waals surface area contributed by atoms with Crippen LogP contribution in [0.3, 0.4) is 0 Å². The molecule has 1 aliphatic heterocycles. The number of non-ortho nitro benzene ring substituents is 1. The van der Waals surface area contributed by atoms with E-state index in [2.05, 4.69) is 28.8 Å². The summed E-state index contributed by atoms with van der Waals surface area (Å²) < 4.78 is 5.43. The van der Waals surface area contributed by atoms with E-state index in [0.717, 1.165) is 32.8 Å². The number of hydrogen-bond acceptors (Lipinski definition) is 4. The first kappa shape index (κ1) is 19.2. The number of nitro benzene ring substituents is 1. The maximum atomic E-state index is 10.7. The summed E-state index contributed by atoms with van der Waals surface area (Å²) in [5, 5.41) is 17.5. The average Bonchev–Trinajstić information content (AvgIpc) is 2.68. The van der Waals surface area contributed by atoms with Crippen LogP contribution in [0, 0.1) is 10.1 Å². The van der Waals surface area contributed by atoms with Gasteiger partial charge in [-0.2, -0.15) is 0 Å². The lowest BCUT2D eigenvalue weighted by Crippen LogP contribution is -3.12. The van der Waals surface area contributed by atoms with Gasteiger partial charge in [0, 0.05) is 29.9 Å². The molecule has 1 aliphatic rings. The number of thiocarbonyl (C=S) groups is 1. The predicted octanol–water partition coefficient (Wildman–Crippen LogP) is 1.50. The molecular weight excluding hydrogens is 364 g/mol. The van der Waals surface area contributed by atoms with Crippen molar-refractivity contribution in [2.24, 2.45) is 0 Å². The van der Waals surface area contributed by atoms with E-state index in [4.69, 9.17) is 17.0 Å². The second-order valence-electron chi connectivity index (χ2n) is 6.42. The molecule has 0 amide bonds. The van der Waals surface area contributed by atoms with Crippen molar-refractivity contribution in [2.45, 2.75) is 13.1 Å². The van der Waals surface area contributed by atoms with Gasteiger partial charge in [-0.25, -0.2) is 0 Å². The smallest absolute Gasteiger partial charge is 0.269 e. The second kappa shape index (κ2) is 9.40. The van der Waals surface area contributed by atoms with E-state index < -0.39 is 4.92 Å². The zero-order valence-electron chi connectivity index (χ0n) is 14.9. The molecule has 7 nitrogen and oxygen atoms in total. The van der Waals surface area contributed by atoms with E-state index in [1.54, 1.807) is 12.1 Å². The van der Waals surface area contributed by atoms with Crippen LogP contribution in [-0.4, -0.2) is 36.3 Å². The Morgan fingerprint density at radius 1 is 1.11 bits per heavy atom. The van der Waals surface area contributed by atoms with Gasteiger partial charge in [0.05, 0.1) is 18.1 Å². The summed E-state index contributed by atoms with van der Waals surface area (Å²) >= 11 is 5.35. The molecule has 2 aromatic carbocycles. The molecule has 0 bridgehead atoms. The summed E-state index contributed by atoms with van der Waals surface area (Å²) in [5.41, 5.74) is 3.28. The van der Waals surface area contributed by atoms with Crippen LogP contribution in [0.15, 0.2) is 48.5 Å². The van der Waals surface area contributed by atoms with Gasteiger partial charge in [-0.15, -0.1) is 0 Å². The normalized spacial score (nSPS) is 14.5. The van der Waals surface area contributed by atoms with E-state index >= 15 is 0 Å². The highest BCUT2D eigenvalue weighted by Crippen LogP contribution is 2.15. The topological polar surface area (TPSA) is 80.9 Å². The van der Waals surface area contributed by atoms with Gasteiger partial charge in [0.2, 0.25) is 0 Å². The summed E-state index contributed by atoms with van der Waals surface area (Å²) in [6.07, 6.45) is 0. The number of nitrogens with zero attached hydrogens (tertiary/aromatic N) is 1. The zero-order chi connectivity index (χ0) is 19.1. The highest BCUT2D eigenvalue weighted by atomic mass is 32.1. The SMILES string of the molecule is O=[N+]([O-])c1ccc(NC(=S)NCc2ccccc2C[NH+]2CCOCC2)cc1. The van der Waals surface area contributed by atoms with Crippen LogP contribution in [0.2, 0.25) is 0 Å². The maximum absolute atomic E-state index is 10.7. The Bertz CT molecular complexity index is 792. The number of nitrogens with one attached hydrogen (secondary N) is 3. The van der Waals surface area contributed by atoms with Crippen molar-refractivity contribution in [3.05, 3.63) is 69.8 Å². The van der Waals surface area contributed by atoms with Gasteiger partial charge < -0.3 is 20.3 Å². The highest BCUT2D eigenvalue weighted by molar-refractivity contribution is 7.80. The van der Waals surface area contributed by atoms with Crippen LogP contribution in [-0.2, 0) is 17.8 Å². The summed E-state index contributed by atoms with van der Waals surface area (Å²) in [4.78, 5) is 11.8. The van der Waals surface area contributed by atoms with Gasteiger partial charge in [0.15, 0.2) is 5.11 Å². The quantitative estimate of drug-likeness (QED) is 0.396. The third-order valence-electron chi connectivity index (χ3n) is 4.53. The molecule has 1 saturated heterocycles. The third kappa shape index (κ3) is 5.72. The molecule has 2 aromatic rings. The van der Waals surface area contributed by atoms with Crippen molar-refractivity contribution in [2.75, 3.05) is 31.6 Å². The van der Waals surface area contributed by atoms with Crippen molar-refractivity contribution in [3.8, 4) is 0 Å². The summed E-state index contributed by atoms with van der Waals surface area (Å²) in [7, 11) is 0. The first-order valence-electron chi connectivity index (χ1n) is 8.89. The lowest BCUT2D eigenvalue weighted by atomic mass is 10.1. The number of benzene rings is 2. The summed E-state index contributed by atoms with van der Waals surface area (Å²) in [5.74, 6) is 0. The summed E-state index contributed by atoms with van der Waals surface area (Å²) in [6, 6.07) is 14.5. The monoisotopic (exact) mass is 387 g/mol. The standard InChI is InChI=1S/C19H22N4O3S/c24-23(25)18-7-5-17(6-8-18)21-19(27)20-13-15-3-1-2-4-16(15)14-22-9-11-26-12-10-22/h1-8H,9-14H2,(H2,20,21,27)/p+1. The minimum absolute atomic E-state index is 0.0546. The molecule has 3 N–H and O–H groups in total. The molecule has 0 aliphatic carbocycles. The summed E-state index contributed by atoms with van der Waals surface area (Å²) in [6.45, 7) is 5.30. The van der Waals surface area contributed by atoms with Crippen LogP contribution in [0.25, 0.3) is 0 Å². The van der Waals surface area contributed by atoms with Crippen molar-refractivity contribution in [3.63, 3.8) is 0 Å². The third-order valence-corrected chi connectivity index (χ3v) is 4.78. The number of hydrogen-bond donors (Lipinski definition) is 3. The molecule has 1 heterocycles. The average molecular weight is 387 g/mol. The molecule has 3 rings (SSSR count). The predicted molar refractivity (Wildman–Crippen MR) is 108 cm³/mol. The first-order chi connectivity index (χ1) is 13.1. The van der Waals surface area contributed by atoms with Crippen LogP contribution in [0.4, 0.5) is 11.4 Å². The maximum Gasteiger partial charge on any atom is 0.269 e. The highest BCUT2D eigenvalue weighted by Gasteiger charge is 2.16. The van der Waals surface area contributed by atoms with Crippen molar-refractivity contribution >= 4 is 28.7 Å². The zero-order valence-corrected chi connectivity index (χ0v) is 15.8. The molecule has 0 spiro atoms. The fourth-order valence-corrected chi connectivity index (χ4v) is 3.22. The van der Waals surface area contributed by atoms with E-state index in [1.807, 2.05) is 6.07 Å². The number of nitro groups is 1. The number of rotatable bonds is 6. The molecule has 0 unspecified atom stereocenters. The van der Waals surface area contributed by atoms with Crippen molar-refractivity contribution in [1.29, 1.82) is 0 Å². The van der Waals surface area contributed by atoms with Gasteiger partial charge in [-0.05, 0) is 29.9 Å². The van der Waals surface area contributed by atoms with Gasteiger partial charge in [-0.1, -0.05) is 24.3 Å². The molecular formula is C19H23N4O3S+. The largest absolute Gasteiger partial charge is 0.370 e. The van der Waals surface area contributed by atoms with Gasteiger partial charge in [-0.3, -0.25) is 10.1 Å². The number of quaternary nitrogens is 1. The molecule has 0 aromatic heterocycles. The van der Waals surface area contributed by atoms with E-state index in [0.29, 0.717) is 17.3 Å². The van der Waals surface area contributed by atoms with E-state index in [1.165, 1.54) is 28.2 Å². The lowest BCUT2D eigenvalue weighted by molar-refractivity contribution is -0.921. The van der Waals surface area contributed by atoms with Gasteiger partial charge in [0.25, 0.3) is 5.69 Å². The van der Waals surface area contributed by atoms with Crippen molar-refractivity contribution in [1.82, 2.24) is 5.32 Å². The van der Waals surface area contributed by atoms with Crippen LogP contribution >= 0.6 is 12.2 Å². The Balaban J connectivity index is 1.54. The Hall–Kier alpha value is -2.55. The fourth-order valence-electron chi connectivity index (χ4n) is 3.03. The molecule has 1 fully saturated rings. The van der Waals surface area contributed by atoms with Crippen molar-refractivity contribution < 1.29 is 14.6 Å². The molecule has 0 saturated carbocycles. The van der Waals surface area contributed by atoms with Crippen LogP contribution < -0.4 is 15.5 Å². The lowest BCUT2D eigenvalue weighted by Gasteiger charge is -2.24. The Morgan fingerprint density at radius 3 is 2.44 bits per heavy atom. The minimum Gasteiger partial charge on any atom is -0.370 e. The Kier molecular flexibility index (Phi) is 6.69. The minimum atomic E-state index is -0.423. The van der Waals surface area contributed by atoms with E-state index in [9.17, 15) is 10.1 Å². The Morgan fingerprint density at radius 2 is 1.78 bits per heavy atom. The van der Waals surface area contributed by atoms with E-state index in [-0.39, 0.29) is 5.69 Å². The number of morpholine rings is 1. The molecule has 0 radical (unpaired) electrons. The number of anilines is 1. The molecule has 27 heavy (non-hydrogen) atoms. The van der Waals surface area contributed by atoms with Crippen LogP contribution in [0.5, 0.6) is 0 Å². The van der Waals surface area contributed by atoms with Gasteiger partial charge >= 0.3 is 0 Å². The first-order valence-corrected chi connectivity index (χ1v) is 9.30. The van der Waals surface area contributed by atoms with Gasteiger partial charge in [0.1, 0.15) is 19.6 Å². The Labute approximate surface area is 163 Å². The molecule has 8 heteroatoms. The fraction of sp³-hybridized carbons (Fsp3) is 0.316. The van der Waals surface area contributed by atoms with Crippen LogP contribution in [0.1, 0.15) is 11.1 Å².